The lowest BCUT2D eigenvalue weighted by molar-refractivity contribution is 0.0920. The highest BCUT2D eigenvalue weighted by Gasteiger charge is 2.14. The lowest BCUT2D eigenvalue weighted by Gasteiger charge is -2.09. The highest BCUT2D eigenvalue weighted by molar-refractivity contribution is 6.33. The van der Waals surface area contributed by atoms with Gasteiger partial charge in [-0.25, -0.2) is 9.97 Å². The van der Waals surface area contributed by atoms with Crippen molar-refractivity contribution >= 4 is 17.5 Å². The second kappa shape index (κ2) is 8.95. The van der Waals surface area contributed by atoms with Gasteiger partial charge in [0.05, 0.1) is 11.2 Å². The number of hydrogen-bond acceptors (Lipinski definition) is 4. The summed E-state index contributed by atoms with van der Waals surface area (Å²) in [6, 6.07) is 0. The molecule has 21 heavy (non-hydrogen) atoms. The summed E-state index contributed by atoms with van der Waals surface area (Å²) in [7, 11) is 0. The zero-order chi connectivity index (χ0) is 15.8. The van der Waals surface area contributed by atoms with Crippen molar-refractivity contribution in [1.29, 1.82) is 0 Å². The van der Waals surface area contributed by atoms with Gasteiger partial charge in [0.1, 0.15) is 11.5 Å². The number of nitrogens with zero attached hydrogens (tertiary/aromatic N) is 2. The van der Waals surface area contributed by atoms with E-state index in [0.29, 0.717) is 24.9 Å². The van der Waals surface area contributed by atoms with Crippen molar-refractivity contribution in [2.45, 2.75) is 40.0 Å². The topological polar surface area (TPSA) is 64.1 Å². The highest BCUT2D eigenvalue weighted by Crippen LogP contribution is 2.16. The molecule has 118 valence electrons. The number of nitrogens with one attached hydrogen (secondary N) is 1. The van der Waals surface area contributed by atoms with Crippen LogP contribution in [0.15, 0.2) is 6.20 Å². The Balaban J connectivity index is 2.43. The molecule has 1 aromatic heterocycles. The largest absolute Gasteiger partial charge is 0.381 e. The van der Waals surface area contributed by atoms with Gasteiger partial charge in [-0.15, -0.1) is 0 Å². The third kappa shape index (κ3) is 6.40. The van der Waals surface area contributed by atoms with Crippen molar-refractivity contribution in [1.82, 2.24) is 15.3 Å². The molecule has 1 rings (SSSR count). The van der Waals surface area contributed by atoms with Gasteiger partial charge in [0.25, 0.3) is 5.91 Å². The maximum atomic E-state index is 12.1. The summed E-state index contributed by atoms with van der Waals surface area (Å²) in [6.45, 7) is 10.1. The van der Waals surface area contributed by atoms with Crippen LogP contribution in [0.1, 0.15) is 56.3 Å². The summed E-state index contributed by atoms with van der Waals surface area (Å²) < 4.78 is 5.45. The molecule has 1 aromatic rings. The van der Waals surface area contributed by atoms with E-state index in [9.17, 15) is 4.79 Å². The minimum absolute atomic E-state index is 0.151. The van der Waals surface area contributed by atoms with Crippen LogP contribution in [-0.4, -0.2) is 35.6 Å². The van der Waals surface area contributed by atoms with E-state index in [0.717, 1.165) is 13.0 Å². The van der Waals surface area contributed by atoms with Crippen molar-refractivity contribution < 1.29 is 9.53 Å². The first-order valence-electron chi connectivity index (χ1n) is 7.30. The average molecular weight is 314 g/mol. The van der Waals surface area contributed by atoms with Crippen LogP contribution >= 0.6 is 11.6 Å². The zero-order valence-electron chi connectivity index (χ0n) is 13.1. The molecular weight excluding hydrogens is 290 g/mol. The second-order valence-corrected chi connectivity index (χ2v) is 6.06. The summed E-state index contributed by atoms with van der Waals surface area (Å²) in [5.41, 5.74) is 0.235. The predicted octanol–water partition coefficient (Wildman–Crippen LogP) is 3.05. The van der Waals surface area contributed by atoms with Gasteiger partial charge in [0.15, 0.2) is 0 Å². The molecule has 0 atom stereocenters. The lowest BCUT2D eigenvalue weighted by Crippen LogP contribution is -2.27. The molecule has 0 spiro atoms. The molecule has 0 aliphatic rings. The Bertz CT molecular complexity index is 464. The lowest BCUT2D eigenvalue weighted by atomic mass is 10.2. The summed E-state index contributed by atoms with van der Waals surface area (Å²) in [5.74, 6) is 1.02. The Morgan fingerprint density at radius 1 is 1.38 bits per heavy atom. The Morgan fingerprint density at radius 3 is 2.71 bits per heavy atom. The summed E-state index contributed by atoms with van der Waals surface area (Å²) in [6.07, 6.45) is 2.24. The molecule has 5 nitrogen and oxygen atoms in total. The molecule has 0 saturated heterocycles. The number of carbonyl (C=O) groups is 1. The third-order valence-corrected chi connectivity index (χ3v) is 2.97. The van der Waals surface area contributed by atoms with Crippen LogP contribution in [0.2, 0.25) is 5.02 Å². The normalized spacial score (nSPS) is 11.2. The Kier molecular flexibility index (Phi) is 7.61. The summed E-state index contributed by atoms with van der Waals surface area (Å²) in [4.78, 5) is 20.4. The van der Waals surface area contributed by atoms with E-state index in [-0.39, 0.29) is 22.5 Å². The van der Waals surface area contributed by atoms with Crippen LogP contribution in [0.25, 0.3) is 0 Å². The van der Waals surface area contributed by atoms with E-state index < -0.39 is 0 Å². The van der Waals surface area contributed by atoms with Crippen LogP contribution in [-0.2, 0) is 4.74 Å². The SMILES string of the molecule is CC(C)COCCCNC(=O)c1nc(C(C)C)ncc1Cl. The molecule has 0 fully saturated rings. The van der Waals surface area contributed by atoms with Crippen molar-refractivity contribution in [2.75, 3.05) is 19.8 Å². The van der Waals surface area contributed by atoms with Gasteiger partial charge in [-0.05, 0) is 12.3 Å². The molecule has 0 radical (unpaired) electrons. The van der Waals surface area contributed by atoms with E-state index in [2.05, 4.69) is 29.1 Å². The maximum Gasteiger partial charge on any atom is 0.271 e. The number of ether oxygens (including phenoxy) is 1. The minimum Gasteiger partial charge on any atom is -0.381 e. The van der Waals surface area contributed by atoms with Crippen LogP contribution in [0, 0.1) is 5.92 Å². The van der Waals surface area contributed by atoms with Crippen LogP contribution in [0.5, 0.6) is 0 Å². The summed E-state index contributed by atoms with van der Waals surface area (Å²) in [5, 5.41) is 3.07. The smallest absolute Gasteiger partial charge is 0.271 e. The first-order chi connectivity index (χ1) is 9.91. The van der Waals surface area contributed by atoms with Crippen molar-refractivity contribution in [3.8, 4) is 0 Å². The number of halogens is 1. The van der Waals surface area contributed by atoms with Gasteiger partial charge < -0.3 is 10.1 Å². The van der Waals surface area contributed by atoms with Gasteiger partial charge in [0, 0.05) is 25.7 Å². The van der Waals surface area contributed by atoms with Gasteiger partial charge in [-0.3, -0.25) is 4.79 Å². The molecule has 1 amide bonds. The van der Waals surface area contributed by atoms with Gasteiger partial charge >= 0.3 is 0 Å². The molecule has 0 aliphatic carbocycles. The Hall–Kier alpha value is -1.20. The maximum absolute atomic E-state index is 12.1. The van der Waals surface area contributed by atoms with E-state index >= 15 is 0 Å². The summed E-state index contributed by atoms with van der Waals surface area (Å²) >= 11 is 5.98. The zero-order valence-corrected chi connectivity index (χ0v) is 13.9. The fourth-order valence-electron chi connectivity index (χ4n) is 1.60. The number of rotatable bonds is 8. The molecular formula is C15H24ClN3O2. The van der Waals surface area contributed by atoms with Gasteiger partial charge in [-0.1, -0.05) is 39.3 Å². The number of amides is 1. The molecule has 0 aliphatic heterocycles. The first-order valence-corrected chi connectivity index (χ1v) is 7.68. The molecule has 0 aromatic carbocycles. The molecule has 0 saturated carbocycles. The molecule has 1 heterocycles. The fourth-order valence-corrected chi connectivity index (χ4v) is 1.77. The monoisotopic (exact) mass is 313 g/mol. The minimum atomic E-state index is -0.270. The van der Waals surface area contributed by atoms with Gasteiger partial charge in [-0.2, -0.15) is 0 Å². The molecule has 1 N–H and O–H groups in total. The number of aromatic nitrogens is 2. The average Bonchev–Trinajstić information content (AvgIpc) is 2.42. The van der Waals surface area contributed by atoms with Crippen LogP contribution < -0.4 is 5.32 Å². The van der Waals surface area contributed by atoms with Crippen LogP contribution in [0.3, 0.4) is 0 Å². The third-order valence-electron chi connectivity index (χ3n) is 2.70. The molecule has 0 unspecified atom stereocenters. The standard InChI is InChI=1S/C15H24ClN3O2/c1-10(2)9-21-7-5-6-17-15(20)13-12(16)8-18-14(19-13)11(3)4/h8,10-11H,5-7,9H2,1-4H3,(H,17,20). The first kappa shape index (κ1) is 17.9. The second-order valence-electron chi connectivity index (χ2n) is 5.66. The molecule has 0 bridgehead atoms. The Labute approximate surface area is 131 Å². The van der Waals surface area contributed by atoms with Crippen molar-refractivity contribution in [2.24, 2.45) is 5.92 Å². The van der Waals surface area contributed by atoms with E-state index in [1.54, 1.807) is 0 Å². The molecule has 6 heteroatoms. The van der Waals surface area contributed by atoms with E-state index in [1.807, 2.05) is 13.8 Å². The number of hydrogen-bond donors (Lipinski definition) is 1. The van der Waals surface area contributed by atoms with E-state index in [4.69, 9.17) is 16.3 Å². The van der Waals surface area contributed by atoms with Crippen molar-refractivity contribution in [3.63, 3.8) is 0 Å². The van der Waals surface area contributed by atoms with Gasteiger partial charge in [0.2, 0.25) is 0 Å². The Morgan fingerprint density at radius 2 is 2.10 bits per heavy atom. The van der Waals surface area contributed by atoms with E-state index in [1.165, 1.54) is 6.20 Å². The van der Waals surface area contributed by atoms with Crippen molar-refractivity contribution in [3.05, 3.63) is 22.7 Å². The fraction of sp³-hybridized carbons (Fsp3) is 0.667. The predicted molar refractivity (Wildman–Crippen MR) is 83.7 cm³/mol. The number of carbonyl (C=O) groups excluding carboxylic acids is 1. The highest BCUT2D eigenvalue weighted by atomic mass is 35.5. The quantitative estimate of drug-likeness (QED) is 0.749. The van der Waals surface area contributed by atoms with Crippen LogP contribution in [0.4, 0.5) is 0 Å².